The molecule has 0 radical (unpaired) electrons. The van der Waals surface area contributed by atoms with Crippen LogP contribution in [0.1, 0.15) is 286 Å². The van der Waals surface area contributed by atoms with E-state index in [4.69, 9.17) is 30.3 Å². The summed E-state index contributed by atoms with van der Waals surface area (Å²) in [6.45, 7) is 68.2. The molecule has 4 heterocycles. The van der Waals surface area contributed by atoms with Crippen LogP contribution in [0.15, 0.2) is 212 Å². The van der Waals surface area contributed by atoms with Crippen LogP contribution in [0.3, 0.4) is 0 Å². The van der Waals surface area contributed by atoms with E-state index in [2.05, 4.69) is 442 Å². The third-order valence-corrected chi connectivity index (χ3v) is 25.7. The molecule has 0 aliphatic heterocycles. The number of nitrogens with zero attached hydrogens (tertiary/aromatic N) is 12. The molecule has 0 aliphatic rings. The number of benzene rings is 12. The Balaban J connectivity index is 0.000000153. The Morgan fingerprint density at radius 2 is 0.437 bits per heavy atom. The Kier molecular flexibility index (Phi) is 31.0. The van der Waals surface area contributed by atoms with Gasteiger partial charge in [-0.15, -0.1) is 43.0 Å². The fraction of sp³-hybridized carbons (Fsp3) is 0.339. The van der Waals surface area contributed by atoms with E-state index in [9.17, 15) is 0 Å². The molecule has 4 aromatic heterocycles. The van der Waals surface area contributed by atoms with Gasteiger partial charge in [0.05, 0.1) is 111 Å². The molecule has 0 saturated carbocycles. The second-order valence-electron chi connectivity index (χ2n) is 39.6. The van der Waals surface area contributed by atoms with Gasteiger partial charge < -0.3 is 9.47 Å². The summed E-state index contributed by atoms with van der Waals surface area (Å²) >= 11 is 0. The van der Waals surface area contributed by atoms with Gasteiger partial charge in [0.2, 0.25) is 0 Å². The minimum Gasteiger partial charge on any atom is -0.509 e. The lowest BCUT2D eigenvalue weighted by molar-refractivity contribution is -0.665. The van der Waals surface area contributed by atoms with Crippen LogP contribution in [-0.2, 0) is 0 Å². The van der Waals surface area contributed by atoms with Crippen LogP contribution in [0.5, 0.6) is 11.5 Å². The van der Waals surface area contributed by atoms with Crippen LogP contribution in [0.25, 0.3) is 90.5 Å². The van der Waals surface area contributed by atoms with Gasteiger partial charge in [-0.1, -0.05) is 401 Å². The first-order valence-corrected chi connectivity index (χ1v) is 48.3. The van der Waals surface area contributed by atoms with Gasteiger partial charge in [0, 0.05) is 27.8 Å². The van der Waals surface area contributed by atoms with E-state index in [0.29, 0.717) is 58.8 Å². The molecule has 0 unspecified atom stereocenters. The van der Waals surface area contributed by atoms with Crippen molar-refractivity contribution >= 4 is 0 Å². The number of aryl methyl sites for hydroxylation is 15. The Morgan fingerprint density at radius 3 is 0.711 bits per heavy atom. The lowest BCUT2D eigenvalue weighted by Crippen LogP contribution is -2.37. The lowest BCUT2D eigenvalue weighted by Gasteiger charge is -2.20. The van der Waals surface area contributed by atoms with Gasteiger partial charge >= 0.3 is 0 Å². The normalized spacial score (nSPS) is 11.5. The molecule has 0 bridgehead atoms. The topological polar surface area (TPSA) is 105 Å². The van der Waals surface area contributed by atoms with Crippen molar-refractivity contribution in [1.82, 2.24) is 39.6 Å². The predicted octanol–water partition coefficient (Wildman–Crippen LogP) is 28.1. The molecule has 0 atom stereocenters. The zero-order valence-electron chi connectivity index (χ0n) is 86.5. The highest BCUT2D eigenvalue weighted by molar-refractivity contribution is 5.76. The van der Waals surface area contributed by atoms with E-state index in [0.717, 1.165) is 79.3 Å². The molecule has 14 nitrogen and oxygen atoms in total. The molecule has 0 saturated heterocycles. The predicted molar refractivity (Wildman–Crippen MR) is 554 cm³/mol. The number of rotatable bonds is 22. The summed E-state index contributed by atoms with van der Waals surface area (Å²) in [4.78, 5) is 0. The van der Waals surface area contributed by atoms with Crippen molar-refractivity contribution in [3.05, 3.63) is 365 Å². The van der Waals surface area contributed by atoms with Crippen molar-refractivity contribution < 1.29 is 28.2 Å². The monoisotopic (exact) mass is 1800 g/mol. The molecular formula is C121H142N12O2. The van der Waals surface area contributed by atoms with Gasteiger partial charge in [-0.3, -0.25) is 0 Å². The molecule has 0 spiro atoms. The van der Waals surface area contributed by atoms with Gasteiger partial charge in [0.25, 0.3) is 0 Å². The van der Waals surface area contributed by atoms with Crippen molar-refractivity contribution in [3.8, 4) is 102 Å². The smallest absolute Gasteiger partial charge is 0.160 e. The average molecular weight is 1800 g/mol. The zero-order valence-corrected chi connectivity index (χ0v) is 86.5. The third kappa shape index (κ3) is 21.0. The van der Waals surface area contributed by atoms with Crippen molar-refractivity contribution in [2.24, 2.45) is 0 Å². The van der Waals surface area contributed by atoms with Crippen molar-refractivity contribution in [2.75, 3.05) is 14.2 Å². The molecule has 0 fully saturated rings. The van der Waals surface area contributed by atoms with Gasteiger partial charge in [-0.2, -0.15) is 0 Å². The standard InChI is InChI=1S/C34H43N3O2.C32H39N3.C29H33N3.C26H27N3/c1-21(2)25-14-11-15-26(22(3)4)33(25)36-20-29(32-30(38-9)18-13-19-31(32)39-10)37(35-36)34-27(23(5)6)16-12-17-28(34)24(7)8;1-21(2)26-16-12-17-27(22(3)4)31(26)34-20-30(25-14-10-9-11-15-25)35(33-34)32-28(23(5)6)18-13-19-29(32)24(7)8;1-17-10-20(4)27(21(5)11-17)26-16-31(28-22(6)12-18(2)13-23(28)7)30-32(26)29-24(8)14-19(3)15-25(29)9;1-17-12-19(3)25(20(4)13-17)28-16-24(23-10-8-7-9-11-23)29(27-28)26-21(5)14-18(2)15-22(26)6/h11-19,21-24H,1-10H3;9-19,21-24H,1-8H3;10-15H,1-9H3;7-15H,1-6H3. The average Bonchev–Trinajstić information content (AvgIpc) is 1.60. The Bertz CT molecular complexity index is 6640. The van der Waals surface area contributed by atoms with E-state index >= 15 is 0 Å². The van der Waals surface area contributed by atoms with E-state index in [1.165, 1.54) is 139 Å². The van der Waals surface area contributed by atoms with Crippen LogP contribution in [0, 0.1) is 129 Å². The maximum Gasteiger partial charge on any atom is 0.160 e. The molecule has 0 N–H and O–H groups in total. The number of hydrogen-bond donors (Lipinski definition) is 0. The first-order chi connectivity index (χ1) is 64.2. The quantitative estimate of drug-likeness (QED) is 0.0494. The SMILES string of the molecule is CC(C)c1cccc(C(C)C)c1-n1n[n+](-c2c(C(C)C)cccc2C(C)C)[c-]c1-c1ccccc1.COc1cccc(OC)c1-c1[c-][n+](-c2c(C(C)C)cccc2C(C)C)nn1-c1c(C(C)C)cccc1C(C)C.Cc1cc(C)c(-c2[c-][n+](-c3c(C)cc(C)cc3C)nn2-c2c(C)cc(C)cc2C)c(C)c1.Cc1cc(C)c(-n2n[n+](-c3c(C)cc(C)cc3C)[c-]c2-c2ccccc2)c(C)c1. The molecule has 0 amide bonds. The molecule has 16 rings (SSSR count). The Morgan fingerprint density at radius 1 is 0.222 bits per heavy atom. The summed E-state index contributed by atoms with van der Waals surface area (Å²) in [7, 11) is 3.39. The van der Waals surface area contributed by atoms with Crippen LogP contribution < -0.4 is 28.2 Å². The first kappa shape index (κ1) is 99.3. The maximum atomic E-state index is 5.88. The van der Waals surface area contributed by atoms with E-state index in [1.54, 1.807) is 14.2 Å². The summed E-state index contributed by atoms with van der Waals surface area (Å²) < 4.78 is 27.9. The van der Waals surface area contributed by atoms with E-state index in [1.807, 2.05) is 47.7 Å². The number of para-hydroxylation sites is 4. The van der Waals surface area contributed by atoms with Crippen molar-refractivity contribution in [3.63, 3.8) is 0 Å². The summed E-state index contributed by atoms with van der Waals surface area (Å²) in [5, 5.41) is 20.7. The first-order valence-electron chi connectivity index (χ1n) is 48.3. The third-order valence-electron chi connectivity index (χ3n) is 25.7. The fourth-order valence-electron chi connectivity index (χ4n) is 19.8. The summed E-state index contributed by atoms with van der Waals surface area (Å²) in [5.41, 5.74) is 45.5. The van der Waals surface area contributed by atoms with Crippen LogP contribution in [-0.4, -0.2) is 53.8 Å². The van der Waals surface area contributed by atoms with Gasteiger partial charge in [-0.05, 0) is 172 Å². The Labute approximate surface area is 806 Å². The molecule has 698 valence electrons. The highest BCUT2D eigenvalue weighted by Gasteiger charge is 2.32. The fourth-order valence-corrected chi connectivity index (χ4v) is 19.8. The number of methoxy groups -OCH3 is 2. The largest absolute Gasteiger partial charge is 0.509 e. The second-order valence-corrected chi connectivity index (χ2v) is 39.6. The molecule has 16 aromatic rings. The minimum absolute atomic E-state index is 0.304. The molecule has 135 heavy (non-hydrogen) atoms. The lowest BCUT2D eigenvalue weighted by atomic mass is 9.92. The van der Waals surface area contributed by atoms with Gasteiger partial charge in [-0.25, -0.2) is 18.7 Å². The highest BCUT2D eigenvalue weighted by atomic mass is 16.5. The van der Waals surface area contributed by atoms with Crippen LogP contribution >= 0.6 is 0 Å². The maximum absolute atomic E-state index is 5.88. The van der Waals surface area contributed by atoms with Gasteiger partial charge in [0.1, 0.15) is 5.69 Å². The summed E-state index contributed by atoms with van der Waals surface area (Å²) in [6.07, 6.45) is 14.6. The molecular weight excluding hydrogens is 1650 g/mol. The number of ether oxygens (including phenoxy) is 2. The number of aromatic nitrogens is 12. The second kappa shape index (κ2) is 42.2. The van der Waals surface area contributed by atoms with Crippen LogP contribution in [0.4, 0.5) is 0 Å². The number of hydrogen-bond acceptors (Lipinski definition) is 6. The van der Waals surface area contributed by atoms with Crippen LogP contribution in [0.2, 0.25) is 0 Å². The van der Waals surface area contributed by atoms with Gasteiger partial charge in [0.15, 0.2) is 22.7 Å². The van der Waals surface area contributed by atoms with Crippen molar-refractivity contribution in [2.45, 2.75) is 262 Å². The zero-order chi connectivity index (χ0) is 97.7. The molecule has 14 heteroatoms. The minimum atomic E-state index is 0.304. The highest BCUT2D eigenvalue weighted by Crippen LogP contribution is 2.44. The molecule has 12 aromatic carbocycles. The van der Waals surface area contributed by atoms with E-state index < -0.39 is 0 Å². The summed E-state index contributed by atoms with van der Waals surface area (Å²) in [5.74, 6) is 4.19. The van der Waals surface area contributed by atoms with Crippen molar-refractivity contribution in [1.29, 1.82) is 0 Å². The Hall–Kier alpha value is -13.2. The summed E-state index contributed by atoms with van der Waals surface area (Å²) in [6, 6.07) is 75.5. The van der Waals surface area contributed by atoms with E-state index in [-0.39, 0.29) is 0 Å². The molecule has 0 aliphatic carbocycles.